The third-order valence-corrected chi connectivity index (χ3v) is 4.04. The molecule has 1 aromatic rings. The summed E-state index contributed by atoms with van der Waals surface area (Å²) < 4.78 is 35.7. The Morgan fingerprint density at radius 2 is 2.11 bits per heavy atom. The number of nitrogens with one attached hydrogen (secondary N) is 1. The van der Waals surface area contributed by atoms with Crippen molar-refractivity contribution < 1.29 is 17.7 Å². The number of sulfone groups is 1. The van der Waals surface area contributed by atoms with E-state index in [0.29, 0.717) is 0 Å². The first-order chi connectivity index (χ1) is 8.37. The molecule has 0 bridgehead atoms. The fraction of sp³-hybridized carbons (Fsp3) is 0.400. The van der Waals surface area contributed by atoms with Crippen LogP contribution >= 0.6 is 0 Å². The quantitative estimate of drug-likeness (QED) is 0.629. The molecule has 6 nitrogen and oxygen atoms in total. The number of nitrogens with zero attached hydrogens (tertiary/aromatic N) is 1. The Hall–Kier alpha value is -1.70. The lowest BCUT2D eigenvalue weighted by molar-refractivity contribution is -0.386. The molecular weight excluding hydrogens is 263 g/mol. The van der Waals surface area contributed by atoms with Crippen LogP contribution in [-0.2, 0) is 9.84 Å². The number of halogens is 1. The van der Waals surface area contributed by atoms with Gasteiger partial charge < -0.3 is 5.32 Å². The fourth-order valence-corrected chi connectivity index (χ4v) is 2.03. The summed E-state index contributed by atoms with van der Waals surface area (Å²) in [4.78, 5) is 9.82. The molecule has 0 heterocycles. The summed E-state index contributed by atoms with van der Waals surface area (Å²) >= 11 is 0. The predicted octanol–water partition coefficient (Wildman–Crippen LogP) is 1.58. The fourth-order valence-electron chi connectivity index (χ4n) is 1.33. The highest BCUT2D eigenvalue weighted by molar-refractivity contribution is 7.91. The van der Waals surface area contributed by atoms with Crippen LogP contribution in [0.4, 0.5) is 15.8 Å². The lowest BCUT2D eigenvalue weighted by Crippen LogP contribution is -2.17. The van der Waals surface area contributed by atoms with E-state index in [-0.39, 0.29) is 23.7 Å². The number of anilines is 1. The summed E-state index contributed by atoms with van der Waals surface area (Å²) in [5, 5.41) is 13.2. The average molecular weight is 276 g/mol. The Morgan fingerprint density at radius 3 is 2.67 bits per heavy atom. The minimum absolute atomic E-state index is 0.0000753. The molecule has 0 aromatic heterocycles. The Labute approximate surface area is 104 Å². The van der Waals surface area contributed by atoms with Gasteiger partial charge in [-0.1, -0.05) is 13.0 Å². The second kappa shape index (κ2) is 5.76. The molecule has 1 rings (SSSR count). The zero-order valence-corrected chi connectivity index (χ0v) is 10.5. The van der Waals surface area contributed by atoms with Gasteiger partial charge in [0.05, 0.1) is 10.7 Å². The minimum Gasteiger partial charge on any atom is -0.378 e. The van der Waals surface area contributed by atoms with Gasteiger partial charge in [-0.15, -0.1) is 0 Å². The monoisotopic (exact) mass is 276 g/mol. The Bertz CT molecular complexity index is 545. The van der Waals surface area contributed by atoms with E-state index in [1.165, 1.54) is 19.1 Å². The Kier molecular flexibility index (Phi) is 4.60. The van der Waals surface area contributed by atoms with Gasteiger partial charge in [-0.3, -0.25) is 10.1 Å². The van der Waals surface area contributed by atoms with E-state index in [1.54, 1.807) is 0 Å². The summed E-state index contributed by atoms with van der Waals surface area (Å²) in [5.74, 6) is -1.11. The number of rotatable bonds is 6. The second-order valence-electron chi connectivity index (χ2n) is 3.56. The first kappa shape index (κ1) is 14.4. The van der Waals surface area contributed by atoms with Crippen molar-refractivity contribution in [2.24, 2.45) is 0 Å². The molecule has 0 spiro atoms. The van der Waals surface area contributed by atoms with Gasteiger partial charge in [0, 0.05) is 12.3 Å². The summed E-state index contributed by atoms with van der Waals surface area (Å²) in [6.45, 7) is 1.51. The number of hydrogen-bond acceptors (Lipinski definition) is 5. The van der Waals surface area contributed by atoms with Gasteiger partial charge in [-0.25, -0.2) is 8.42 Å². The molecule has 0 saturated heterocycles. The summed E-state index contributed by atoms with van der Waals surface area (Å²) in [5.41, 5.74) is -0.697. The smallest absolute Gasteiger partial charge is 0.327 e. The third-order valence-electron chi connectivity index (χ3n) is 2.34. The predicted molar refractivity (Wildman–Crippen MR) is 65.9 cm³/mol. The van der Waals surface area contributed by atoms with Crippen molar-refractivity contribution in [3.05, 3.63) is 34.1 Å². The molecule has 0 fully saturated rings. The average Bonchev–Trinajstić information content (AvgIpc) is 2.28. The van der Waals surface area contributed by atoms with Gasteiger partial charge in [0.2, 0.25) is 5.82 Å². The molecule has 8 heteroatoms. The largest absolute Gasteiger partial charge is 0.378 e. The van der Waals surface area contributed by atoms with Crippen LogP contribution in [0.1, 0.15) is 6.92 Å². The van der Waals surface area contributed by atoms with Crippen molar-refractivity contribution >= 4 is 21.2 Å². The molecule has 18 heavy (non-hydrogen) atoms. The van der Waals surface area contributed by atoms with E-state index in [1.807, 2.05) is 0 Å². The van der Waals surface area contributed by atoms with Crippen LogP contribution in [0.25, 0.3) is 0 Å². The standard InChI is InChI=1S/C10H13FN2O4S/c1-2-18(16,17)7-6-12-9-5-3-4-8(11)10(9)13(14)15/h3-5,12H,2,6-7H2,1H3. The molecule has 0 radical (unpaired) electrons. The van der Waals surface area contributed by atoms with Crippen LogP contribution in [0.2, 0.25) is 0 Å². The van der Waals surface area contributed by atoms with Crippen molar-refractivity contribution in [3.8, 4) is 0 Å². The van der Waals surface area contributed by atoms with Gasteiger partial charge in [0.1, 0.15) is 5.69 Å². The Balaban J connectivity index is 2.80. The number of benzene rings is 1. The number of para-hydroxylation sites is 1. The Morgan fingerprint density at radius 1 is 1.44 bits per heavy atom. The van der Waals surface area contributed by atoms with E-state index >= 15 is 0 Å². The normalized spacial score (nSPS) is 11.2. The lowest BCUT2D eigenvalue weighted by atomic mass is 10.2. The molecule has 0 amide bonds. The molecule has 0 aliphatic heterocycles. The van der Waals surface area contributed by atoms with E-state index in [0.717, 1.165) is 6.07 Å². The van der Waals surface area contributed by atoms with Crippen LogP contribution in [0.3, 0.4) is 0 Å². The highest BCUT2D eigenvalue weighted by atomic mass is 32.2. The van der Waals surface area contributed by atoms with Gasteiger partial charge in [-0.05, 0) is 12.1 Å². The van der Waals surface area contributed by atoms with Gasteiger partial charge in [-0.2, -0.15) is 4.39 Å². The van der Waals surface area contributed by atoms with Crippen molar-refractivity contribution in [3.63, 3.8) is 0 Å². The molecule has 1 N–H and O–H groups in total. The summed E-state index contributed by atoms with van der Waals surface area (Å²) in [7, 11) is -3.16. The van der Waals surface area contributed by atoms with Crippen LogP contribution in [0, 0.1) is 15.9 Å². The van der Waals surface area contributed by atoms with Crippen molar-refractivity contribution in [2.75, 3.05) is 23.4 Å². The van der Waals surface area contributed by atoms with Crippen molar-refractivity contribution in [1.29, 1.82) is 0 Å². The summed E-state index contributed by atoms with van der Waals surface area (Å²) in [6, 6.07) is 3.63. The molecule has 0 unspecified atom stereocenters. The number of hydrogen-bond donors (Lipinski definition) is 1. The minimum atomic E-state index is -3.16. The lowest BCUT2D eigenvalue weighted by Gasteiger charge is -2.07. The molecule has 0 aliphatic carbocycles. The first-order valence-corrected chi connectivity index (χ1v) is 7.06. The SMILES string of the molecule is CCS(=O)(=O)CCNc1cccc(F)c1[N+](=O)[O-]. The topological polar surface area (TPSA) is 89.3 Å². The van der Waals surface area contributed by atoms with Crippen LogP contribution in [-0.4, -0.2) is 31.4 Å². The van der Waals surface area contributed by atoms with E-state index in [4.69, 9.17) is 0 Å². The van der Waals surface area contributed by atoms with E-state index < -0.39 is 26.3 Å². The van der Waals surface area contributed by atoms with Crippen molar-refractivity contribution in [2.45, 2.75) is 6.92 Å². The maximum Gasteiger partial charge on any atom is 0.327 e. The number of nitro benzene ring substituents is 1. The zero-order valence-electron chi connectivity index (χ0n) is 9.72. The molecular formula is C10H13FN2O4S. The van der Waals surface area contributed by atoms with Gasteiger partial charge in [0.15, 0.2) is 9.84 Å². The highest BCUT2D eigenvalue weighted by Crippen LogP contribution is 2.26. The second-order valence-corrected chi connectivity index (χ2v) is 6.03. The first-order valence-electron chi connectivity index (χ1n) is 5.24. The molecule has 0 aliphatic rings. The van der Waals surface area contributed by atoms with Crippen LogP contribution < -0.4 is 5.32 Å². The van der Waals surface area contributed by atoms with Gasteiger partial charge >= 0.3 is 5.69 Å². The third kappa shape index (κ3) is 3.66. The van der Waals surface area contributed by atoms with E-state index in [9.17, 15) is 22.9 Å². The van der Waals surface area contributed by atoms with Gasteiger partial charge in [0.25, 0.3) is 0 Å². The maximum atomic E-state index is 13.2. The van der Waals surface area contributed by atoms with Crippen LogP contribution in [0.15, 0.2) is 18.2 Å². The molecule has 0 atom stereocenters. The van der Waals surface area contributed by atoms with E-state index in [2.05, 4.69) is 5.32 Å². The molecule has 100 valence electrons. The zero-order chi connectivity index (χ0) is 13.8. The van der Waals surface area contributed by atoms with Crippen molar-refractivity contribution in [1.82, 2.24) is 0 Å². The number of nitro groups is 1. The highest BCUT2D eigenvalue weighted by Gasteiger charge is 2.19. The van der Waals surface area contributed by atoms with Crippen LogP contribution in [0.5, 0.6) is 0 Å². The summed E-state index contributed by atoms with van der Waals surface area (Å²) in [6.07, 6.45) is 0. The maximum absolute atomic E-state index is 13.2. The molecule has 1 aromatic carbocycles. The molecule has 0 saturated carbocycles.